The van der Waals surface area contributed by atoms with Crippen LogP contribution in [-0.4, -0.2) is 27.2 Å². The van der Waals surface area contributed by atoms with Gasteiger partial charge in [-0.3, -0.25) is 4.90 Å². The zero-order valence-corrected chi connectivity index (χ0v) is 11.3. The van der Waals surface area contributed by atoms with Crippen molar-refractivity contribution in [1.82, 2.24) is 15.0 Å². The highest BCUT2D eigenvalue weighted by Crippen LogP contribution is 2.09. The number of aryl methyl sites for hydroxylation is 1. The van der Waals surface area contributed by atoms with E-state index < -0.39 is 0 Å². The number of aromatic nitrogens is 2. The molecule has 1 aromatic carbocycles. The molecule has 19 heavy (non-hydrogen) atoms. The highest BCUT2D eigenvalue weighted by atomic mass is 16.5. The highest BCUT2D eigenvalue weighted by Gasteiger charge is 2.08. The molecule has 0 unspecified atom stereocenters. The van der Waals surface area contributed by atoms with Crippen LogP contribution in [0.15, 0.2) is 28.8 Å². The van der Waals surface area contributed by atoms with E-state index in [1.807, 2.05) is 38.2 Å². The fraction of sp³-hybridized carbons (Fsp3) is 0.429. The normalized spacial score (nSPS) is 11.2. The summed E-state index contributed by atoms with van der Waals surface area (Å²) >= 11 is 0. The fourth-order valence-corrected chi connectivity index (χ4v) is 1.85. The Morgan fingerprint density at radius 2 is 1.84 bits per heavy atom. The largest absolute Gasteiger partial charge is 0.392 e. The molecule has 0 bridgehead atoms. The van der Waals surface area contributed by atoms with E-state index in [1.54, 1.807) is 0 Å². The maximum atomic E-state index is 8.99. The molecule has 1 heterocycles. The van der Waals surface area contributed by atoms with Gasteiger partial charge in [-0.1, -0.05) is 36.3 Å². The minimum Gasteiger partial charge on any atom is -0.392 e. The second-order valence-electron chi connectivity index (χ2n) is 4.60. The zero-order chi connectivity index (χ0) is 13.7. The van der Waals surface area contributed by atoms with Crippen LogP contribution >= 0.6 is 0 Å². The minimum atomic E-state index is 0.0812. The molecule has 0 aliphatic rings. The van der Waals surface area contributed by atoms with Crippen molar-refractivity contribution in [2.24, 2.45) is 0 Å². The molecular weight excluding hydrogens is 242 g/mol. The first-order chi connectivity index (χ1) is 9.21. The molecule has 102 valence electrons. The van der Waals surface area contributed by atoms with Crippen LogP contribution in [-0.2, 0) is 26.1 Å². The minimum absolute atomic E-state index is 0.0812. The molecule has 5 heteroatoms. The number of nitrogens with zero attached hydrogens (tertiary/aromatic N) is 3. The van der Waals surface area contributed by atoms with Crippen molar-refractivity contribution >= 4 is 0 Å². The fourth-order valence-electron chi connectivity index (χ4n) is 1.85. The Bertz CT molecular complexity index is 508. The van der Waals surface area contributed by atoms with Gasteiger partial charge in [-0.15, -0.1) is 0 Å². The van der Waals surface area contributed by atoms with Crippen molar-refractivity contribution < 1.29 is 9.63 Å². The summed E-state index contributed by atoms with van der Waals surface area (Å²) in [5, 5.41) is 12.9. The third kappa shape index (κ3) is 3.87. The van der Waals surface area contributed by atoms with Gasteiger partial charge in [0.25, 0.3) is 0 Å². The van der Waals surface area contributed by atoms with Crippen LogP contribution in [0.5, 0.6) is 0 Å². The summed E-state index contributed by atoms with van der Waals surface area (Å²) in [6.07, 6.45) is 0.788. The Morgan fingerprint density at radius 1 is 1.16 bits per heavy atom. The number of hydrogen-bond donors (Lipinski definition) is 1. The number of aliphatic hydroxyl groups is 1. The Labute approximate surface area is 112 Å². The van der Waals surface area contributed by atoms with E-state index in [2.05, 4.69) is 15.0 Å². The lowest BCUT2D eigenvalue weighted by atomic mass is 10.1. The number of rotatable bonds is 6. The molecule has 5 nitrogen and oxygen atoms in total. The molecule has 0 fully saturated rings. The molecule has 0 amide bonds. The van der Waals surface area contributed by atoms with E-state index in [0.717, 1.165) is 24.4 Å². The Hall–Kier alpha value is -1.72. The second-order valence-corrected chi connectivity index (χ2v) is 4.60. The molecule has 2 aromatic rings. The summed E-state index contributed by atoms with van der Waals surface area (Å²) in [6, 6.07) is 7.91. The third-order valence-corrected chi connectivity index (χ3v) is 2.89. The van der Waals surface area contributed by atoms with Gasteiger partial charge in [-0.25, -0.2) is 0 Å². The van der Waals surface area contributed by atoms with Crippen LogP contribution in [0.3, 0.4) is 0 Å². The summed E-state index contributed by atoms with van der Waals surface area (Å²) in [5.74, 6) is 1.39. The molecule has 0 spiro atoms. The van der Waals surface area contributed by atoms with Gasteiger partial charge in [0.2, 0.25) is 5.89 Å². The summed E-state index contributed by atoms with van der Waals surface area (Å²) in [4.78, 5) is 6.40. The van der Waals surface area contributed by atoms with Crippen LogP contribution < -0.4 is 0 Å². The molecule has 2 rings (SSSR count). The van der Waals surface area contributed by atoms with Crippen LogP contribution in [0, 0.1) is 0 Å². The molecule has 0 saturated heterocycles. The predicted molar refractivity (Wildman–Crippen MR) is 71.2 cm³/mol. The second kappa shape index (κ2) is 6.45. The molecular formula is C14H19N3O2. The van der Waals surface area contributed by atoms with Crippen LogP contribution in [0.25, 0.3) is 0 Å². The van der Waals surface area contributed by atoms with E-state index in [9.17, 15) is 0 Å². The number of benzene rings is 1. The summed E-state index contributed by atoms with van der Waals surface area (Å²) in [7, 11) is 2.01. The van der Waals surface area contributed by atoms with Gasteiger partial charge in [0.1, 0.15) is 0 Å². The lowest BCUT2D eigenvalue weighted by Crippen LogP contribution is -2.17. The average Bonchev–Trinajstić information content (AvgIpc) is 2.87. The summed E-state index contributed by atoms with van der Waals surface area (Å²) in [5.41, 5.74) is 2.12. The molecule has 0 atom stereocenters. The summed E-state index contributed by atoms with van der Waals surface area (Å²) < 4.78 is 5.16. The topological polar surface area (TPSA) is 62.4 Å². The van der Waals surface area contributed by atoms with Gasteiger partial charge >= 0.3 is 0 Å². The Morgan fingerprint density at radius 3 is 2.42 bits per heavy atom. The van der Waals surface area contributed by atoms with Gasteiger partial charge in [0.15, 0.2) is 5.82 Å². The number of aliphatic hydroxyl groups excluding tert-OH is 1. The standard InChI is InChI=1S/C14H19N3O2/c1-3-13-15-14(19-16-13)9-17(2)8-11-4-6-12(10-18)7-5-11/h4-7,18H,3,8-10H2,1-2H3. The lowest BCUT2D eigenvalue weighted by molar-refractivity contribution is 0.260. The van der Waals surface area contributed by atoms with E-state index in [1.165, 1.54) is 5.56 Å². The van der Waals surface area contributed by atoms with Crippen LogP contribution in [0.4, 0.5) is 0 Å². The first-order valence-electron chi connectivity index (χ1n) is 6.40. The first-order valence-corrected chi connectivity index (χ1v) is 6.40. The van der Waals surface area contributed by atoms with Gasteiger partial charge in [0.05, 0.1) is 13.2 Å². The van der Waals surface area contributed by atoms with Gasteiger partial charge < -0.3 is 9.63 Å². The lowest BCUT2D eigenvalue weighted by Gasteiger charge is -2.14. The van der Waals surface area contributed by atoms with Gasteiger partial charge in [-0.05, 0) is 18.2 Å². The van der Waals surface area contributed by atoms with E-state index in [-0.39, 0.29) is 6.61 Å². The Balaban J connectivity index is 1.90. The van der Waals surface area contributed by atoms with Crippen molar-refractivity contribution in [3.05, 3.63) is 47.1 Å². The van der Waals surface area contributed by atoms with Gasteiger partial charge in [0, 0.05) is 13.0 Å². The average molecular weight is 261 g/mol. The van der Waals surface area contributed by atoms with E-state index >= 15 is 0 Å². The van der Waals surface area contributed by atoms with Crippen molar-refractivity contribution in [3.63, 3.8) is 0 Å². The van der Waals surface area contributed by atoms with E-state index in [4.69, 9.17) is 9.63 Å². The molecule has 0 aliphatic heterocycles. The molecule has 1 N–H and O–H groups in total. The zero-order valence-electron chi connectivity index (χ0n) is 11.3. The SMILES string of the molecule is CCc1noc(CN(C)Cc2ccc(CO)cc2)n1. The van der Waals surface area contributed by atoms with Crippen molar-refractivity contribution in [2.75, 3.05) is 7.05 Å². The smallest absolute Gasteiger partial charge is 0.240 e. The maximum absolute atomic E-state index is 8.99. The number of hydrogen-bond acceptors (Lipinski definition) is 5. The predicted octanol–water partition coefficient (Wildman–Crippen LogP) is 1.76. The monoisotopic (exact) mass is 261 g/mol. The van der Waals surface area contributed by atoms with Crippen molar-refractivity contribution in [1.29, 1.82) is 0 Å². The van der Waals surface area contributed by atoms with Crippen LogP contribution in [0.2, 0.25) is 0 Å². The summed E-state index contributed by atoms with van der Waals surface area (Å²) in [6.45, 7) is 3.52. The molecule has 0 saturated carbocycles. The first kappa shape index (κ1) is 13.7. The maximum Gasteiger partial charge on any atom is 0.240 e. The van der Waals surface area contributed by atoms with Crippen molar-refractivity contribution in [3.8, 4) is 0 Å². The Kier molecular flexibility index (Phi) is 4.65. The molecule has 0 radical (unpaired) electrons. The van der Waals surface area contributed by atoms with E-state index in [0.29, 0.717) is 12.4 Å². The molecule has 0 aliphatic carbocycles. The molecule has 1 aromatic heterocycles. The van der Waals surface area contributed by atoms with Crippen LogP contribution in [0.1, 0.15) is 29.8 Å². The third-order valence-electron chi connectivity index (χ3n) is 2.89. The van der Waals surface area contributed by atoms with Gasteiger partial charge in [-0.2, -0.15) is 4.98 Å². The van der Waals surface area contributed by atoms with Crippen molar-refractivity contribution in [2.45, 2.75) is 33.0 Å². The quantitative estimate of drug-likeness (QED) is 0.858. The highest BCUT2D eigenvalue weighted by molar-refractivity contribution is 5.21.